The fraction of sp³-hybridized carbons (Fsp3) is 0.389. The van der Waals surface area contributed by atoms with Crippen molar-refractivity contribution in [2.24, 2.45) is 5.92 Å². The minimum absolute atomic E-state index is 0.0160. The maximum absolute atomic E-state index is 12.6. The Morgan fingerprint density at radius 3 is 2.72 bits per heavy atom. The highest BCUT2D eigenvalue weighted by Crippen LogP contribution is 2.42. The second-order valence-corrected chi connectivity index (χ2v) is 7.57. The van der Waals surface area contributed by atoms with Gasteiger partial charge in [-0.25, -0.2) is 4.68 Å². The Hall–Kier alpha value is -2.03. The van der Waals surface area contributed by atoms with Crippen molar-refractivity contribution in [1.82, 2.24) is 14.7 Å². The van der Waals surface area contributed by atoms with Crippen molar-refractivity contribution in [3.05, 3.63) is 46.2 Å². The summed E-state index contributed by atoms with van der Waals surface area (Å²) in [5.74, 6) is 0.263. The molecule has 0 saturated carbocycles. The van der Waals surface area contributed by atoms with Crippen molar-refractivity contribution in [2.75, 3.05) is 0 Å². The van der Waals surface area contributed by atoms with Crippen LogP contribution < -0.4 is 0 Å². The summed E-state index contributed by atoms with van der Waals surface area (Å²) in [6, 6.07) is 7.39. The first-order chi connectivity index (χ1) is 12.0. The number of Topliss-reactive ketones (excluding diaryl/α,β-unsaturated/α-hetero) is 1. The van der Waals surface area contributed by atoms with Gasteiger partial charge in [0.1, 0.15) is 5.69 Å². The molecule has 0 spiro atoms. The van der Waals surface area contributed by atoms with Crippen LogP contribution in [0.1, 0.15) is 36.2 Å². The molecule has 0 aliphatic carbocycles. The molecule has 0 unspecified atom stereocenters. The zero-order valence-electron chi connectivity index (χ0n) is 13.4. The Morgan fingerprint density at radius 2 is 2.04 bits per heavy atom. The Bertz CT molecular complexity index is 852. The first kappa shape index (κ1) is 16.4. The van der Waals surface area contributed by atoms with Gasteiger partial charge in [0.25, 0.3) is 0 Å². The highest BCUT2D eigenvalue weighted by Gasteiger charge is 2.46. The first-order valence-electron chi connectivity index (χ1n) is 8.28. The van der Waals surface area contributed by atoms with Gasteiger partial charge in [-0.2, -0.15) is 10.4 Å². The molecular formula is C18H16Cl2N4O. The zero-order valence-corrected chi connectivity index (χ0v) is 14.9. The van der Waals surface area contributed by atoms with Crippen LogP contribution in [0.15, 0.2) is 30.5 Å². The molecule has 0 radical (unpaired) electrons. The van der Waals surface area contributed by atoms with E-state index in [4.69, 9.17) is 23.2 Å². The number of nitrogens with zero attached hydrogens (tertiary/aromatic N) is 4. The second-order valence-electron chi connectivity index (χ2n) is 6.70. The molecule has 2 aliphatic rings. The molecule has 2 aliphatic heterocycles. The summed E-state index contributed by atoms with van der Waals surface area (Å²) in [6.45, 7) is 0. The molecule has 1 aromatic heterocycles. The average molecular weight is 375 g/mol. The van der Waals surface area contributed by atoms with Crippen molar-refractivity contribution in [1.29, 1.82) is 5.26 Å². The van der Waals surface area contributed by atoms with E-state index in [0.717, 1.165) is 19.3 Å². The Morgan fingerprint density at radius 1 is 1.28 bits per heavy atom. The number of rotatable bonds is 4. The van der Waals surface area contributed by atoms with Gasteiger partial charge in [-0.05, 0) is 49.4 Å². The van der Waals surface area contributed by atoms with Gasteiger partial charge in [0.15, 0.2) is 12.0 Å². The molecule has 25 heavy (non-hydrogen) atoms. The summed E-state index contributed by atoms with van der Waals surface area (Å²) < 4.78 is 1.60. The summed E-state index contributed by atoms with van der Waals surface area (Å²) in [7, 11) is 0. The normalized spacial score (nSPS) is 24.5. The average Bonchev–Trinajstić information content (AvgIpc) is 3.27. The van der Waals surface area contributed by atoms with E-state index in [0.29, 0.717) is 33.9 Å². The third-order valence-electron chi connectivity index (χ3n) is 5.22. The van der Waals surface area contributed by atoms with Crippen LogP contribution in [0.2, 0.25) is 10.0 Å². The molecule has 0 amide bonds. The van der Waals surface area contributed by atoms with Crippen LogP contribution in [0, 0.1) is 17.4 Å². The van der Waals surface area contributed by atoms with Crippen molar-refractivity contribution in [3.63, 3.8) is 0 Å². The van der Waals surface area contributed by atoms with E-state index in [1.807, 2.05) is 4.90 Å². The lowest BCUT2D eigenvalue weighted by molar-refractivity contribution is 0.0946. The zero-order chi connectivity index (χ0) is 17.6. The number of carbonyl (C=O) groups excluding carboxylic acids is 1. The fourth-order valence-electron chi connectivity index (χ4n) is 4.12. The Kier molecular flexibility index (Phi) is 4.18. The molecule has 7 heteroatoms. The molecule has 1 aromatic carbocycles. The lowest BCUT2D eigenvalue weighted by Gasteiger charge is -2.19. The van der Waals surface area contributed by atoms with E-state index in [1.54, 1.807) is 35.1 Å². The molecule has 0 N–H and O–H groups in total. The summed E-state index contributed by atoms with van der Waals surface area (Å²) in [5, 5.41) is 14.7. The third-order valence-corrected chi connectivity index (χ3v) is 5.65. The molecule has 4 rings (SSSR count). The van der Waals surface area contributed by atoms with Crippen LogP contribution in [0.3, 0.4) is 0 Å². The van der Waals surface area contributed by atoms with E-state index >= 15 is 0 Å². The van der Waals surface area contributed by atoms with Crippen molar-refractivity contribution in [2.45, 2.75) is 37.8 Å². The van der Waals surface area contributed by atoms with Gasteiger partial charge in [0.05, 0.1) is 5.69 Å². The Labute approximate surface area is 155 Å². The minimum atomic E-state index is 0.0160. The number of nitriles is 1. The predicted molar refractivity (Wildman–Crippen MR) is 94.9 cm³/mol. The van der Waals surface area contributed by atoms with E-state index in [-0.39, 0.29) is 17.7 Å². The minimum Gasteiger partial charge on any atom is -0.304 e. The number of hydrogen-bond acceptors (Lipinski definition) is 4. The van der Waals surface area contributed by atoms with E-state index in [1.165, 1.54) is 0 Å². The van der Waals surface area contributed by atoms with Gasteiger partial charge < -0.3 is 4.90 Å². The molecule has 2 bridgehead atoms. The van der Waals surface area contributed by atoms with Crippen LogP contribution in [-0.4, -0.2) is 32.5 Å². The van der Waals surface area contributed by atoms with Gasteiger partial charge in [-0.15, -0.1) is 0 Å². The van der Waals surface area contributed by atoms with E-state index in [2.05, 4.69) is 11.3 Å². The van der Waals surface area contributed by atoms with Crippen molar-refractivity contribution < 1.29 is 4.79 Å². The highest BCUT2D eigenvalue weighted by atomic mass is 35.5. The predicted octanol–water partition coefficient (Wildman–Crippen LogP) is 4.09. The van der Waals surface area contributed by atoms with Crippen LogP contribution in [0.25, 0.3) is 5.69 Å². The quantitative estimate of drug-likeness (QED) is 0.597. The van der Waals surface area contributed by atoms with Crippen LogP contribution in [-0.2, 0) is 0 Å². The fourth-order valence-corrected chi connectivity index (χ4v) is 4.63. The lowest BCUT2D eigenvalue weighted by atomic mass is 9.85. The van der Waals surface area contributed by atoms with Gasteiger partial charge in [0, 0.05) is 34.7 Å². The largest absolute Gasteiger partial charge is 0.304 e. The molecule has 3 atom stereocenters. The molecular weight excluding hydrogens is 359 g/mol. The number of fused-ring (bicyclic) bond motifs is 2. The molecule has 2 saturated heterocycles. The van der Waals surface area contributed by atoms with Gasteiger partial charge in [-0.1, -0.05) is 23.2 Å². The van der Waals surface area contributed by atoms with Gasteiger partial charge in [-0.3, -0.25) is 4.79 Å². The third kappa shape index (κ3) is 3.01. The smallest absolute Gasteiger partial charge is 0.183 e. The number of ketones is 1. The number of carbonyl (C=O) groups is 1. The summed E-state index contributed by atoms with van der Waals surface area (Å²) in [6.07, 6.45) is 7.45. The summed E-state index contributed by atoms with van der Waals surface area (Å²) in [5.41, 5.74) is 1.15. The molecule has 5 nitrogen and oxygen atoms in total. The topological polar surface area (TPSA) is 61.9 Å². The number of halogens is 2. The van der Waals surface area contributed by atoms with Gasteiger partial charge in [0.2, 0.25) is 0 Å². The monoisotopic (exact) mass is 374 g/mol. The number of hydrogen-bond donors (Lipinski definition) is 0. The highest BCUT2D eigenvalue weighted by molar-refractivity contribution is 6.34. The van der Waals surface area contributed by atoms with Crippen LogP contribution in [0.4, 0.5) is 0 Å². The van der Waals surface area contributed by atoms with Gasteiger partial charge >= 0.3 is 0 Å². The molecule has 2 fully saturated rings. The van der Waals surface area contributed by atoms with E-state index in [9.17, 15) is 10.1 Å². The second kappa shape index (κ2) is 6.36. The van der Waals surface area contributed by atoms with Crippen LogP contribution >= 0.6 is 23.2 Å². The molecule has 2 aromatic rings. The standard InChI is InChI=1S/C18H16Cl2N4O/c19-12-7-13(20)9-15(8-12)24-4-3-16(22-24)18(25)6-11-5-14-1-2-17(11)23(14)10-21/h3-4,7-9,11,14,17H,1-2,5-6H2/t11-,14-,17+/m1/s1. The first-order valence-corrected chi connectivity index (χ1v) is 9.04. The molecule has 128 valence electrons. The maximum Gasteiger partial charge on any atom is 0.183 e. The SMILES string of the molecule is N#CN1[C@@H]2CC[C@H]1[C@@H](CC(=O)c1ccn(-c3cc(Cl)cc(Cl)c3)n1)C2. The Balaban J connectivity index is 1.49. The van der Waals surface area contributed by atoms with Crippen molar-refractivity contribution in [3.8, 4) is 11.9 Å². The van der Waals surface area contributed by atoms with Crippen molar-refractivity contribution >= 4 is 29.0 Å². The molecule has 3 heterocycles. The summed E-state index contributed by atoms with van der Waals surface area (Å²) >= 11 is 12.0. The van der Waals surface area contributed by atoms with E-state index < -0.39 is 0 Å². The number of benzene rings is 1. The maximum atomic E-state index is 12.6. The number of aromatic nitrogens is 2. The lowest BCUT2D eigenvalue weighted by Crippen LogP contribution is -2.26. The van der Waals surface area contributed by atoms with Crippen LogP contribution in [0.5, 0.6) is 0 Å². The summed E-state index contributed by atoms with van der Waals surface area (Å²) in [4.78, 5) is 14.5.